The largest absolute Gasteiger partial charge is 0.394 e. The maximum Gasteiger partial charge on any atom is 0.115 e. The van der Waals surface area contributed by atoms with Gasteiger partial charge in [-0.15, -0.1) is 6.55 Å². The van der Waals surface area contributed by atoms with Crippen LogP contribution < -0.4 is 0 Å². The number of rotatable bonds is 16. The first-order valence-electron chi connectivity index (χ1n) is 12.1. The van der Waals surface area contributed by atoms with E-state index in [9.17, 15) is 5.11 Å². The smallest absolute Gasteiger partial charge is 0.115 e. The van der Waals surface area contributed by atoms with Gasteiger partial charge in [-0.1, -0.05) is 97.1 Å². The van der Waals surface area contributed by atoms with E-state index >= 15 is 0 Å². The number of benzene rings is 3. The lowest BCUT2D eigenvalue weighted by atomic mass is 10.1. The van der Waals surface area contributed by atoms with Gasteiger partial charge in [0.05, 0.1) is 41.0 Å². The normalized spacial score (nSPS) is 14.6. The van der Waals surface area contributed by atoms with Crippen molar-refractivity contribution in [3.05, 3.63) is 120 Å². The quantitative estimate of drug-likeness (QED) is 0.241. The maximum atomic E-state index is 10.3. The average Bonchev–Trinajstić information content (AvgIpc) is 2.92. The van der Waals surface area contributed by atoms with E-state index in [4.69, 9.17) is 20.3 Å². The van der Waals surface area contributed by atoms with Crippen LogP contribution in [-0.4, -0.2) is 43.2 Å². The Balaban J connectivity index is 1.77. The van der Waals surface area contributed by atoms with Crippen molar-refractivity contribution in [2.75, 3.05) is 19.8 Å². The lowest BCUT2D eigenvalue weighted by molar-refractivity contribution is -0.174. The van der Waals surface area contributed by atoms with Crippen LogP contribution in [0.1, 0.15) is 18.1 Å². The van der Waals surface area contributed by atoms with Crippen molar-refractivity contribution < 1.29 is 25.4 Å². The minimum absolute atomic E-state index is 0.224. The van der Waals surface area contributed by atoms with Gasteiger partial charge in [0.25, 0.3) is 0 Å². The first kappa shape index (κ1) is 24.3. The van der Waals surface area contributed by atoms with Crippen LogP contribution in [0.3, 0.4) is 0 Å². The van der Waals surface area contributed by atoms with Gasteiger partial charge < -0.3 is 24.1 Å². The molecule has 3 aromatic carbocycles. The van der Waals surface area contributed by atoms with Crippen molar-refractivity contribution in [1.82, 2.24) is 0 Å². The number of hydrogen-bond donors (Lipinski definition) is 1. The topological polar surface area (TPSA) is 57.2 Å². The zero-order valence-corrected chi connectivity index (χ0v) is 19.4. The summed E-state index contributed by atoms with van der Waals surface area (Å²) in [6.07, 6.45) is -0.114. The van der Waals surface area contributed by atoms with Crippen molar-refractivity contribution >= 4 is 0 Å². The molecule has 3 rings (SSSR count). The molecule has 5 nitrogen and oxygen atoms in total. The fourth-order valence-corrected chi connectivity index (χ4v) is 3.52. The Labute approximate surface area is 204 Å². The van der Waals surface area contributed by atoms with E-state index in [-0.39, 0.29) is 19.8 Å². The molecule has 0 unspecified atom stereocenters. The minimum Gasteiger partial charge on any atom is -0.394 e. The average molecular weight is 464 g/mol. The maximum absolute atomic E-state index is 10.3. The highest BCUT2D eigenvalue weighted by Gasteiger charge is 2.32. The van der Waals surface area contributed by atoms with Gasteiger partial charge in [-0.2, -0.15) is 0 Å². The van der Waals surface area contributed by atoms with E-state index in [0.29, 0.717) is 19.8 Å². The lowest BCUT2D eigenvalue weighted by Gasteiger charge is -2.33. The molecule has 0 fully saturated rings. The summed E-state index contributed by atoms with van der Waals surface area (Å²) in [5.74, 6) is 0. The fraction of sp³-hybridized carbons (Fsp3) is 0.310. The van der Waals surface area contributed by atoms with Crippen LogP contribution >= 0.6 is 0 Å². The molecular weight excluding hydrogens is 428 g/mol. The molecule has 180 valence electrons. The second-order valence-electron chi connectivity index (χ2n) is 7.89. The molecule has 0 aliphatic rings. The first-order chi connectivity index (χ1) is 17.3. The van der Waals surface area contributed by atoms with Gasteiger partial charge in [0.2, 0.25) is 0 Å². The summed E-state index contributed by atoms with van der Waals surface area (Å²) < 4.78 is 31.7. The Kier molecular flexibility index (Phi) is 10.9. The van der Waals surface area contributed by atoms with E-state index in [1.807, 2.05) is 91.0 Å². The summed E-state index contributed by atoms with van der Waals surface area (Å²) in [6, 6.07) is 29.6. The molecule has 0 amide bonds. The molecule has 0 radical (unpaired) electrons. The molecule has 0 bridgehead atoms. The number of hydrogen-bond acceptors (Lipinski definition) is 5. The highest BCUT2D eigenvalue weighted by Crippen LogP contribution is 2.19. The summed E-state index contributed by atoms with van der Waals surface area (Å²) in [5, 5.41) is 10.3. The van der Waals surface area contributed by atoms with Crippen LogP contribution in [0, 0.1) is 0 Å². The summed E-state index contributed by atoms with van der Waals surface area (Å²) in [4.78, 5) is 0. The molecule has 0 heterocycles. The second kappa shape index (κ2) is 15.2. The highest BCUT2D eigenvalue weighted by molar-refractivity contribution is 5.15. The molecule has 0 aliphatic heterocycles. The van der Waals surface area contributed by atoms with Gasteiger partial charge in [0, 0.05) is 0 Å². The van der Waals surface area contributed by atoms with Crippen molar-refractivity contribution in [3.8, 4) is 0 Å². The zero-order chi connectivity index (χ0) is 24.6. The van der Waals surface area contributed by atoms with Gasteiger partial charge in [0.15, 0.2) is 0 Å². The molecule has 3 atom stereocenters. The molecule has 5 heteroatoms. The zero-order valence-electron chi connectivity index (χ0n) is 20.4. The number of aliphatic hydroxyl groups excluding tert-OH is 1. The van der Waals surface area contributed by atoms with Crippen LogP contribution in [0.25, 0.3) is 0 Å². The third-order valence-electron chi connectivity index (χ3n) is 5.31. The predicted molar refractivity (Wildman–Crippen MR) is 133 cm³/mol. The monoisotopic (exact) mass is 463 g/mol. The lowest BCUT2D eigenvalue weighted by Crippen LogP contribution is -2.46. The minimum atomic E-state index is -0.630. The molecule has 3 aromatic rings. The molecule has 0 aromatic heterocycles. The first-order valence-corrected chi connectivity index (χ1v) is 11.5. The molecule has 0 saturated carbocycles. The van der Waals surface area contributed by atoms with Crippen molar-refractivity contribution in [3.63, 3.8) is 0 Å². The Morgan fingerprint density at radius 2 is 1.18 bits per heavy atom. The Hall–Kier alpha value is -2.80. The standard InChI is InChI=1S/C29H34O5/c1-2-18-31-23-28(33-21-25-14-8-4-9-15-25)29(34-22-26-16-10-5-11-17-26)27(19-30)32-20-24-12-6-3-7-13-24/h2-17,27-30H,1,18-23H2/t27-,28+,29-/m0/s1/i1D. The summed E-state index contributed by atoms with van der Waals surface area (Å²) in [7, 11) is 0. The van der Waals surface area contributed by atoms with E-state index in [2.05, 4.69) is 0 Å². The highest BCUT2D eigenvalue weighted by atomic mass is 16.6. The molecular formula is C29H34O5. The molecule has 0 aliphatic carbocycles. The molecule has 1 N–H and O–H groups in total. The third kappa shape index (κ3) is 8.86. The predicted octanol–water partition coefficient (Wildman–Crippen LogP) is 4.94. The van der Waals surface area contributed by atoms with Gasteiger partial charge in [-0.3, -0.25) is 0 Å². The van der Waals surface area contributed by atoms with E-state index < -0.39 is 18.3 Å². The van der Waals surface area contributed by atoms with Crippen LogP contribution in [-0.2, 0) is 38.8 Å². The number of aliphatic hydroxyl groups is 1. The Morgan fingerprint density at radius 3 is 1.65 bits per heavy atom. The third-order valence-corrected chi connectivity index (χ3v) is 5.31. The van der Waals surface area contributed by atoms with Crippen molar-refractivity contribution in [1.29, 1.82) is 0 Å². The van der Waals surface area contributed by atoms with Crippen molar-refractivity contribution in [2.24, 2.45) is 0 Å². The summed E-state index contributed by atoms with van der Waals surface area (Å²) >= 11 is 0. The summed E-state index contributed by atoms with van der Waals surface area (Å²) in [6.45, 7) is 2.52. The molecule has 34 heavy (non-hydrogen) atoms. The van der Waals surface area contributed by atoms with E-state index in [0.717, 1.165) is 16.7 Å². The summed E-state index contributed by atoms with van der Waals surface area (Å²) in [5.41, 5.74) is 3.04. The Morgan fingerprint density at radius 1 is 0.706 bits per heavy atom. The molecule has 0 saturated heterocycles. The SMILES string of the molecule is [2H]C=CCOC[C@@H](OCc1ccccc1)[C@@H](OCc1ccccc1)[C@H](CO)OCc1ccccc1. The van der Waals surface area contributed by atoms with E-state index in [1.54, 1.807) is 6.08 Å². The van der Waals surface area contributed by atoms with Crippen LogP contribution in [0.2, 0.25) is 0 Å². The van der Waals surface area contributed by atoms with Crippen molar-refractivity contribution in [2.45, 2.75) is 38.1 Å². The van der Waals surface area contributed by atoms with Crippen LogP contribution in [0.4, 0.5) is 0 Å². The number of ether oxygens (including phenoxy) is 4. The van der Waals surface area contributed by atoms with Gasteiger partial charge in [-0.05, 0) is 16.7 Å². The van der Waals surface area contributed by atoms with Gasteiger partial charge >= 0.3 is 0 Å². The van der Waals surface area contributed by atoms with E-state index in [1.165, 1.54) is 6.55 Å². The van der Waals surface area contributed by atoms with Gasteiger partial charge in [0.1, 0.15) is 18.3 Å². The molecule has 0 spiro atoms. The van der Waals surface area contributed by atoms with Crippen LogP contribution in [0.15, 0.2) is 104 Å². The second-order valence-corrected chi connectivity index (χ2v) is 7.89. The van der Waals surface area contributed by atoms with Gasteiger partial charge in [-0.25, -0.2) is 0 Å². The van der Waals surface area contributed by atoms with Crippen LogP contribution in [0.5, 0.6) is 0 Å². The fourth-order valence-electron chi connectivity index (χ4n) is 3.52. The Bertz CT molecular complexity index is 953.